The van der Waals surface area contributed by atoms with E-state index in [0.717, 1.165) is 12.1 Å². The summed E-state index contributed by atoms with van der Waals surface area (Å²) in [7, 11) is 3.07. The van der Waals surface area contributed by atoms with Crippen molar-refractivity contribution >= 4 is 11.6 Å². The molecule has 0 saturated carbocycles. The molecule has 0 aliphatic heterocycles. The van der Waals surface area contributed by atoms with Crippen LogP contribution in [0.4, 0.5) is 14.5 Å². The van der Waals surface area contributed by atoms with Gasteiger partial charge in [-0.1, -0.05) is 24.3 Å². The number of benzene rings is 3. The summed E-state index contributed by atoms with van der Waals surface area (Å²) in [6.45, 7) is 0. The minimum atomic E-state index is -0.927. The van der Waals surface area contributed by atoms with Crippen molar-refractivity contribution in [3.05, 3.63) is 77.9 Å². The lowest BCUT2D eigenvalue weighted by Crippen LogP contribution is -2.16. The molecule has 0 radical (unpaired) electrons. The summed E-state index contributed by atoms with van der Waals surface area (Å²) >= 11 is 0. The largest absolute Gasteiger partial charge is 0.497 e. The molecule has 0 bridgehead atoms. The van der Waals surface area contributed by atoms with Gasteiger partial charge in [0.1, 0.15) is 28.7 Å². The molecule has 0 fully saturated rings. The Kier molecular flexibility index (Phi) is 5.35. The third-order valence-electron chi connectivity index (χ3n) is 4.06. The lowest BCUT2D eigenvalue weighted by atomic mass is 10.0. The summed E-state index contributed by atoms with van der Waals surface area (Å²) < 4.78 is 38.5. The first-order valence-corrected chi connectivity index (χ1v) is 8.12. The maximum atomic E-state index is 13.9. The summed E-state index contributed by atoms with van der Waals surface area (Å²) in [5.41, 5.74) is 1.04. The van der Waals surface area contributed by atoms with E-state index in [0.29, 0.717) is 28.3 Å². The highest BCUT2D eigenvalue weighted by Gasteiger charge is 2.19. The number of halogens is 2. The third-order valence-corrected chi connectivity index (χ3v) is 4.06. The molecule has 3 aromatic rings. The topological polar surface area (TPSA) is 47.6 Å². The van der Waals surface area contributed by atoms with Gasteiger partial charge in [0.05, 0.1) is 14.2 Å². The van der Waals surface area contributed by atoms with E-state index >= 15 is 0 Å². The second-order valence-corrected chi connectivity index (χ2v) is 5.66. The molecule has 1 N–H and O–H groups in total. The van der Waals surface area contributed by atoms with Crippen molar-refractivity contribution in [2.75, 3.05) is 19.5 Å². The number of anilines is 1. The molecule has 0 aromatic heterocycles. The average molecular weight is 369 g/mol. The Bertz CT molecular complexity index is 969. The molecule has 0 atom stereocenters. The van der Waals surface area contributed by atoms with Gasteiger partial charge in [-0.15, -0.1) is 0 Å². The number of carbonyl (C=O) groups excluding carboxylic acids is 1. The minimum absolute atomic E-state index is 0.386. The normalized spacial score (nSPS) is 10.4. The van der Waals surface area contributed by atoms with E-state index in [1.807, 2.05) is 0 Å². The monoisotopic (exact) mass is 369 g/mol. The van der Waals surface area contributed by atoms with Crippen molar-refractivity contribution in [3.63, 3.8) is 0 Å². The van der Waals surface area contributed by atoms with E-state index in [2.05, 4.69) is 5.32 Å². The van der Waals surface area contributed by atoms with Gasteiger partial charge in [-0.25, -0.2) is 8.78 Å². The van der Waals surface area contributed by atoms with Crippen LogP contribution in [0.2, 0.25) is 0 Å². The van der Waals surface area contributed by atoms with Crippen LogP contribution in [0.15, 0.2) is 60.7 Å². The van der Waals surface area contributed by atoms with E-state index in [9.17, 15) is 13.6 Å². The van der Waals surface area contributed by atoms with Crippen molar-refractivity contribution in [1.29, 1.82) is 0 Å². The molecule has 3 rings (SSSR count). The first kappa shape index (κ1) is 18.4. The Morgan fingerprint density at radius 2 is 1.56 bits per heavy atom. The molecule has 6 heteroatoms. The lowest BCUT2D eigenvalue weighted by Gasteiger charge is -2.15. The van der Waals surface area contributed by atoms with Crippen LogP contribution < -0.4 is 14.8 Å². The van der Waals surface area contributed by atoms with Gasteiger partial charge in [-0.05, 0) is 36.4 Å². The highest BCUT2D eigenvalue weighted by Crippen LogP contribution is 2.37. The molecular weight excluding hydrogens is 352 g/mol. The number of carbonyl (C=O) groups is 1. The van der Waals surface area contributed by atoms with Gasteiger partial charge in [-0.2, -0.15) is 0 Å². The van der Waals surface area contributed by atoms with E-state index in [1.54, 1.807) is 49.6 Å². The zero-order chi connectivity index (χ0) is 19.4. The third kappa shape index (κ3) is 3.74. The predicted molar refractivity (Wildman–Crippen MR) is 99.3 cm³/mol. The fourth-order valence-corrected chi connectivity index (χ4v) is 2.75. The molecule has 0 aliphatic carbocycles. The summed E-state index contributed by atoms with van der Waals surface area (Å²) in [6.07, 6.45) is 0. The van der Waals surface area contributed by atoms with E-state index in [1.165, 1.54) is 13.2 Å². The Morgan fingerprint density at radius 1 is 0.852 bits per heavy atom. The van der Waals surface area contributed by atoms with Crippen LogP contribution in [0.5, 0.6) is 11.5 Å². The molecular formula is C21H17F2NO3. The van der Waals surface area contributed by atoms with Crippen molar-refractivity contribution in [1.82, 2.24) is 0 Å². The number of amides is 1. The zero-order valence-corrected chi connectivity index (χ0v) is 14.8. The number of hydrogen-bond donors (Lipinski definition) is 1. The SMILES string of the molecule is COc1ccc(OC)c(-c2ccccc2NC(=O)c2c(F)cccc2F)c1. The fraction of sp³-hybridized carbons (Fsp3) is 0.0952. The number of rotatable bonds is 5. The second-order valence-electron chi connectivity index (χ2n) is 5.66. The lowest BCUT2D eigenvalue weighted by molar-refractivity contribution is 0.101. The van der Waals surface area contributed by atoms with Crippen molar-refractivity contribution < 1.29 is 23.0 Å². The molecule has 0 aliphatic rings. The smallest absolute Gasteiger partial charge is 0.261 e. The van der Waals surface area contributed by atoms with E-state index in [-0.39, 0.29) is 0 Å². The Labute approximate surface area is 155 Å². The van der Waals surface area contributed by atoms with Crippen LogP contribution in [0, 0.1) is 11.6 Å². The van der Waals surface area contributed by atoms with Crippen LogP contribution in [-0.4, -0.2) is 20.1 Å². The first-order valence-electron chi connectivity index (χ1n) is 8.12. The molecule has 1 amide bonds. The first-order chi connectivity index (χ1) is 13.0. The van der Waals surface area contributed by atoms with Crippen LogP contribution in [-0.2, 0) is 0 Å². The summed E-state index contributed by atoms with van der Waals surface area (Å²) in [5, 5.41) is 2.58. The minimum Gasteiger partial charge on any atom is -0.497 e. The molecule has 0 saturated heterocycles. The Balaban J connectivity index is 2.04. The second kappa shape index (κ2) is 7.86. The van der Waals surface area contributed by atoms with Gasteiger partial charge in [-0.3, -0.25) is 4.79 Å². The molecule has 0 spiro atoms. The molecule has 138 valence electrons. The van der Waals surface area contributed by atoms with Crippen LogP contribution in [0.1, 0.15) is 10.4 Å². The fourth-order valence-electron chi connectivity index (χ4n) is 2.75. The van der Waals surface area contributed by atoms with Crippen molar-refractivity contribution in [2.45, 2.75) is 0 Å². The highest BCUT2D eigenvalue weighted by atomic mass is 19.1. The summed E-state index contributed by atoms with van der Waals surface area (Å²) in [5.74, 6) is -1.56. The van der Waals surface area contributed by atoms with Crippen LogP contribution in [0.25, 0.3) is 11.1 Å². The molecule has 0 heterocycles. The van der Waals surface area contributed by atoms with Gasteiger partial charge >= 0.3 is 0 Å². The Morgan fingerprint density at radius 3 is 2.22 bits per heavy atom. The number of ether oxygens (including phenoxy) is 2. The summed E-state index contributed by atoms with van der Waals surface area (Å²) in [4.78, 5) is 12.5. The van der Waals surface area contributed by atoms with Gasteiger partial charge in [0.2, 0.25) is 0 Å². The number of hydrogen-bond acceptors (Lipinski definition) is 3. The quantitative estimate of drug-likeness (QED) is 0.696. The average Bonchev–Trinajstić information content (AvgIpc) is 2.67. The maximum absolute atomic E-state index is 13.9. The Hall–Kier alpha value is -3.41. The summed E-state index contributed by atoms with van der Waals surface area (Å²) in [6, 6.07) is 15.4. The number of methoxy groups -OCH3 is 2. The van der Waals surface area contributed by atoms with Gasteiger partial charge in [0, 0.05) is 16.8 Å². The van der Waals surface area contributed by atoms with Crippen LogP contribution >= 0.6 is 0 Å². The highest BCUT2D eigenvalue weighted by molar-refractivity contribution is 6.06. The maximum Gasteiger partial charge on any atom is 0.261 e. The molecule has 3 aromatic carbocycles. The van der Waals surface area contributed by atoms with E-state index < -0.39 is 23.1 Å². The van der Waals surface area contributed by atoms with E-state index in [4.69, 9.17) is 9.47 Å². The molecule has 0 unspecified atom stereocenters. The predicted octanol–water partition coefficient (Wildman–Crippen LogP) is 4.90. The van der Waals surface area contributed by atoms with Crippen molar-refractivity contribution in [2.24, 2.45) is 0 Å². The van der Waals surface area contributed by atoms with Crippen molar-refractivity contribution in [3.8, 4) is 22.6 Å². The van der Waals surface area contributed by atoms with Crippen LogP contribution in [0.3, 0.4) is 0 Å². The molecule has 4 nitrogen and oxygen atoms in total. The van der Waals surface area contributed by atoms with Gasteiger partial charge in [0.25, 0.3) is 5.91 Å². The van der Waals surface area contributed by atoms with Gasteiger partial charge < -0.3 is 14.8 Å². The van der Waals surface area contributed by atoms with Gasteiger partial charge in [0.15, 0.2) is 0 Å². The standard InChI is InChI=1S/C21H17F2NO3/c1-26-13-10-11-19(27-2)15(12-13)14-6-3-4-9-18(14)24-21(25)20-16(22)7-5-8-17(20)23/h3-12H,1-2H3,(H,24,25). The number of nitrogens with one attached hydrogen (secondary N) is 1. The zero-order valence-electron chi connectivity index (χ0n) is 14.8. The number of para-hydroxylation sites is 1. The molecule has 27 heavy (non-hydrogen) atoms.